The van der Waals surface area contributed by atoms with Gasteiger partial charge in [0.15, 0.2) is 0 Å². The molecule has 0 unspecified atom stereocenters. The fourth-order valence-electron chi connectivity index (χ4n) is 2.38. The van der Waals surface area contributed by atoms with Gasteiger partial charge in [0.25, 0.3) is 0 Å². The highest BCUT2D eigenvalue weighted by atomic mass is 32.1. The summed E-state index contributed by atoms with van der Waals surface area (Å²) in [6.07, 6.45) is 3.26. The lowest BCUT2D eigenvalue weighted by Gasteiger charge is -2.03. The smallest absolute Gasteiger partial charge is 0.226 e. The molecule has 0 saturated carbocycles. The zero-order chi connectivity index (χ0) is 15.4. The van der Waals surface area contributed by atoms with Crippen LogP contribution in [0.5, 0.6) is 0 Å². The normalized spacial score (nSPS) is 17.6. The van der Waals surface area contributed by atoms with Crippen LogP contribution in [0.25, 0.3) is 0 Å². The van der Waals surface area contributed by atoms with E-state index in [2.05, 4.69) is 46.7 Å². The topological polar surface area (TPSA) is 64.1 Å². The Morgan fingerprint density at radius 3 is 2.91 bits per heavy atom. The zero-order valence-electron chi connectivity index (χ0n) is 12.5. The van der Waals surface area contributed by atoms with Gasteiger partial charge in [0.2, 0.25) is 11.0 Å². The van der Waals surface area contributed by atoms with E-state index < -0.39 is 0 Å². The monoisotopic (exact) mass is 317 g/mol. The van der Waals surface area contributed by atoms with Crippen molar-refractivity contribution < 1.29 is 9.53 Å². The van der Waals surface area contributed by atoms with Crippen molar-refractivity contribution in [2.45, 2.75) is 38.7 Å². The van der Waals surface area contributed by atoms with E-state index in [9.17, 15) is 4.79 Å². The minimum Gasteiger partial charge on any atom is -0.371 e. The molecule has 116 valence electrons. The minimum absolute atomic E-state index is 0.0318. The van der Waals surface area contributed by atoms with Crippen LogP contribution < -0.4 is 5.32 Å². The number of nitrogens with one attached hydrogen (secondary N) is 1. The number of hydrogen-bond donors (Lipinski definition) is 1. The van der Waals surface area contributed by atoms with Crippen LogP contribution in [-0.4, -0.2) is 22.7 Å². The molecule has 1 aromatic heterocycles. The van der Waals surface area contributed by atoms with Crippen LogP contribution in [0.3, 0.4) is 0 Å². The van der Waals surface area contributed by atoms with Crippen LogP contribution in [0.2, 0.25) is 0 Å². The van der Waals surface area contributed by atoms with Crippen LogP contribution in [-0.2, 0) is 16.0 Å². The number of nitrogens with zero attached hydrogens (tertiary/aromatic N) is 2. The summed E-state index contributed by atoms with van der Waals surface area (Å²) in [5.74, 6) is -0.0318. The Kier molecular flexibility index (Phi) is 4.80. The molecule has 0 aliphatic carbocycles. The third-order valence-corrected chi connectivity index (χ3v) is 4.58. The van der Waals surface area contributed by atoms with Gasteiger partial charge in [-0.05, 0) is 31.7 Å². The fraction of sp³-hybridized carbons (Fsp3) is 0.438. The summed E-state index contributed by atoms with van der Waals surface area (Å²) in [5, 5.41) is 12.4. The number of carbonyl (C=O) groups excluding carboxylic acids is 1. The van der Waals surface area contributed by atoms with E-state index >= 15 is 0 Å². The maximum Gasteiger partial charge on any atom is 0.226 e. The second kappa shape index (κ2) is 6.98. The van der Waals surface area contributed by atoms with E-state index in [4.69, 9.17) is 4.74 Å². The third-order valence-electron chi connectivity index (χ3n) is 3.65. The number of rotatable bonds is 5. The predicted octanol–water partition coefficient (Wildman–Crippen LogP) is 3.27. The zero-order valence-corrected chi connectivity index (χ0v) is 13.4. The molecule has 0 bridgehead atoms. The van der Waals surface area contributed by atoms with E-state index in [-0.39, 0.29) is 12.0 Å². The SMILES string of the molecule is Cc1ccc(CCC(=O)Nc2nnc([C@@H]3CCCO3)s2)cc1. The molecule has 2 aromatic rings. The predicted molar refractivity (Wildman–Crippen MR) is 86.0 cm³/mol. The number of benzene rings is 1. The third kappa shape index (κ3) is 3.90. The van der Waals surface area contributed by atoms with Gasteiger partial charge in [-0.15, -0.1) is 10.2 Å². The number of ether oxygens (including phenoxy) is 1. The van der Waals surface area contributed by atoms with Gasteiger partial charge in [0, 0.05) is 13.0 Å². The molecule has 1 N–H and O–H groups in total. The summed E-state index contributed by atoms with van der Waals surface area (Å²) in [4.78, 5) is 12.0. The van der Waals surface area contributed by atoms with Crippen LogP contribution >= 0.6 is 11.3 Å². The van der Waals surface area contributed by atoms with E-state index in [1.54, 1.807) is 0 Å². The molecule has 0 radical (unpaired) electrons. The van der Waals surface area contributed by atoms with Gasteiger partial charge < -0.3 is 10.1 Å². The van der Waals surface area contributed by atoms with Crippen molar-refractivity contribution in [1.82, 2.24) is 10.2 Å². The Bertz CT molecular complexity index is 633. The first-order chi connectivity index (χ1) is 10.7. The van der Waals surface area contributed by atoms with Crippen molar-refractivity contribution in [3.63, 3.8) is 0 Å². The summed E-state index contributed by atoms with van der Waals surface area (Å²) in [6.45, 7) is 2.83. The maximum atomic E-state index is 12.0. The van der Waals surface area contributed by atoms with Crippen molar-refractivity contribution in [2.75, 3.05) is 11.9 Å². The molecular weight excluding hydrogens is 298 g/mol. The minimum atomic E-state index is -0.0318. The summed E-state index contributed by atoms with van der Waals surface area (Å²) in [6, 6.07) is 8.24. The van der Waals surface area contributed by atoms with Crippen LogP contribution in [0.4, 0.5) is 5.13 Å². The van der Waals surface area contributed by atoms with Crippen LogP contribution in [0, 0.1) is 6.92 Å². The molecule has 22 heavy (non-hydrogen) atoms. The number of anilines is 1. The summed E-state index contributed by atoms with van der Waals surface area (Å²) in [7, 11) is 0. The van der Waals surface area contributed by atoms with E-state index in [1.807, 2.05) is 0 Å². The average molecular weight is 317 g/mol. The number of carbonyl (C=O) groups is 1. The van der Waals surface area contributed by atoms with Gasteiger partial charge in [-0.3, -0.25) is 4.79 Å². The Hall–Kier alpha value is -1.79. The largest absolute Gasteiger partial charge is 0.371 e. The lowest BCUT2D eigenvalue weighted by atomic mass is 10.1. The van der Waals surface area contributed by atoms with Crippen LogP contribution in [0.1, 0.15) is 41.5 Å². The molecule has 1 aromatic carbocycles. The summed E-state index contributed by atoms with van der Waals surface area (Å²) in [5.41, 5.74) is 2.39. The first kappa shape index (κ1) is 15.1. The van der Waals surface area contributed by atoms with Gasteiger partial charge >= 0.3 is 0 Å². The second-order valence-electron chi connectivity index (χ2n) is 5.48. The Labute approximate surface area is 133 Å². The molecular formula is C16H19N3O2S. The van der Waals surface area contributed by atoms with Crippen molar-refractivity contribution in [3.8, 4) is 0 Å². The first-order valence-electron chi connectivity index (χ1n) is 7.51. The van der Waals surface area contributed by atoms with Crippen molar-refractivity contribution >= 4 is 22.4 Å². The Morgan fingerprint density at radius 2 is 2.18 bits per heavy atom. The Morgan fingerprint density at radius 1 is 1.36 bits per heavy atom. The summed E-state index contributed by atoms with van der Waals surface area (Å²) >= 11 is 1.40. The molecule has 1 atom stereocenters. The highest BCUT2D eigenvalue weighted by Gasteiger charge is 2.22. The summed E-state index contributed by atoms with van der Waals surface area (Å²) < 4.78 is 5.57. The molecule has 3 rings (SSSR count). The van der Waals surface area contributed by atoms with E-state index in [1.165, 1.54) is 16.9 Å². The average Bonchev–Trinajstić information content (AvgIpc) is 3.17. The molecule has 1 fully saturated rings. The number of amides is 1. The number of hydrogen-bond acceptors (Lipinski definition) is 5. The highest BCUT2D eigenvalue weighted by Crippen LogP contribution is 2.31. The van der Waals surface area contributed by atoms with Gasteiger partial charge in [0.05, 0.1) is 0 Å². The van der Waals surface area contributed by atoms with Crippen molar-refractivity contribution in [1.29, 1.82) is 0 Å². The standard InChI is InChI=1S/C16H19N3O2S/c1-11-4-6-12(7-5-11)8-9-14(20)17-16-19-18-15(22-16)13-3-2-10-21-13/h4-7,13H,2-3,8-10H2,1H3,(H,17,19,20)/t13-/m0/s1. The van der Waals surface area contributed by atoms with Gasteiger partial charge in [-0.2, -0.15) is 0 Å². The molecule has 1 aliphatic rings. The first-order valence-corrected chi connectivity index (χ1v) is 8.33. The molecule has 1 amide bonds. The van der Waals surface area contributed by atoms with Gasteiger partial charge in [0.1, 0.15) is 11.1 Å². The molecule has 2 heterocycles. The molecule has 6 heteroatoms. The van der Waals surface area contributed by atoms with Crippen molar-refractivity contribution in [2.24, 2.45) is 0 Å². The van der Waals surface area contributed by atoms with Crippen LogP contribution in [0.15, 0.2) is 24.3 Å². The quantitative estimate of drug-likeness (QED) is 0.919. The van der Waals surface area contributed by atoms with E-state index in [0.29, 0.717) is 11.6 Å². The molecule has 0 spiro atoms. The lowest BCUT2D eigenvalue weighted by molar-refractivity contribution is -0.116. The maximum absolute atomic E-state index is 12.0. The number of aromatic nitrogens is 2. The fourth-order valence-corrected chi connectivity index (χ4v) is 3.23. The van der Waals surface area contributed by atoms with Gasteiger partial charge in [-0.1, -0.05) is 41.2 Å². The highest BCUT2D eigenvalue weighted by molar-refractivity contribution is 7.15. The molecule has 1 aliphatic heterocycles. The van der Waals surface area contributed by atoms with Gasteiger partial charge in [-0.25, -0.2) is 0 Å². The van der Waals surface area contributed by atoms with E-state index in [0.717, 1.165) is 36.4 Å². The molecule has 5 nitrogen and oxygen atoms in total. The number of aryl methyl sites for hydroxylation is 2. The Balaban J connectivity index is 1.50. The van der Waals surface area contributed by atoms with Crippen molar-refractivity contribution in [3.05, 3.63) is 40.4 Å². The lowest BCUT2D eigenvalue weighted by Crippen LogP contribution is -2.12. The second-order valence-corrected chi connectivity index (χ2v) is 6.49. The molecule has 1 saturated heterocycles.